The number of benzene rings is 3. The number of esters is 1. The van der Waals surface area contributed by atoms with Crippen molar-refractivity contribution in [2.24, 2.45) is 5.73 Å². The average molecular weight is 453 g/mol. The summed E-state index contributed by atoms with van der Waals surface area (Å²) in [4.78, 5) is 40.6. The van der Waals surface area contributed by atoms with Gasteiger partial charge in [-0.15, -0.1) is 5.10 Å². The number of aromatic nitrogens is 3. The Morgan fingerprint density at radius 3 is 2.41 bits per heavy atom. The first kappa shape index (κ1) is 21.2. The number of anilines is 1. The van der Waals surface area contributed by atoms with Crippen LogP contribution in [0.3, 0.4) is 0 Å². The van der Waals surface area contributed by atoms with Crippen molar-refractivity contribution in [2.45, 2.75) is 0 Å². The van der Waals surface area contributed by atoms with Crippen LogP contribution in [0.25, 0.3) is 22.4 Å². The number of ether oxygens (including phenoxy) is 1. The Balaban J connectivity index is 1.61. The SMILES string of the molecule is NCCOC(=O)c1ccc(-c2ccccc2)cc1N1C(=O)c2ccc(-c3c[nH]nn3)cc2C1=O. The predicted molar refractivity (Wildman–Crippen MR) is 124 cm³/mol. The van der Waals surface area contributed by atoms with E-state index >= 15 is 0 Å². The van der Waals surface area contributed by atoms with Gasteiger partial charge < -0.3 is 10.5 Å². The molecule has 4 aromatic rings. The minimum Gasteiger partial charge on any atom is -0.461 e. The van der Waals surface area contributed by atoms with Crippen LogP contribution in [0.4, 0.5) is 5.69 Å². The number of nitrogens with two attached hydrogens (primary N) is 1. The number of amides is 2. The molecule has 0 atom stereocenters. The van der Waals surface area contributed by atoms with Crippen molar-refractivity contribution in [1.29, 1.82) is 0 Å². The van der Waals surface area contributed by atoms with Gasteiger partial charge in [0.2, 0.25) is 0 Å². The molecule has 0 saturated carbocycles. The Morgan fingerprint density at radius 1 is 0.912 bits per heavy atom. The van der Waals surface area contributed by atoms with E-state index in [2.05, 4.69) is 15.4 Å². The highest BCUT2D eigenvalue weighted by Crippen LogP contribution is 2.35. The van der Waals surface area contributed by atoms with E-state index in [9.17, 15) is 14.4 Å². The highest BCUT2D eigenvalue weighted by molar-refractivity contribution is 6.35. The molecule has 0 fully saturated rings. The number of aromatic amines is 1. The molecule has 0 aliphatic carbocycles. The number of carbonyl (C=O) groups excluding carboxylic acids is 3. The van der Waals surface area contributed by atoms with Crippen LogP contribution in [0.2, 0.25) is 0 Å². The second kappa shape index (κ2) is 8.72. The minimum atomic E-state index is -0.667. The summed E-state index contributed by atoms with van der Waals surface area (Å²) in [5.74, 6) is -1.73. The minimum absolute atomic E-state index is 0.0158. The Labute approximate surface area is 194 Å². The van der Waals surface area contributed by atoms with Gasteiger partial charge >= 0.3 is 5.97 Å². The molecule has 2 amide bonds. The van der Waals surface area contributed by atoms with Gasteiger partial charge in [0, 0.05) is 18.3 Å². The fourth-order valence-corrected chi connectivity index (χ4v) is 3.89. The van der Waals surface area contributed by atoms with Crippen LogP contribution in [-0.2, 0) is 4.74 Å². The van der Waals surface area contributed by atoms with E-state index in [0.29, 0.717) is 11.3 Å². The van der Waals surface area contributed by atoms with Crippen LogP contribution in [0.1, 0.15) is 31.1 Å². The van der Waals surface area contributed by atoms with Crippen molar-refractivity contribution in [3.8, 4) is 22.4 Å². The zero-order valence-electron chi connectivity index (χ0n) is 17.9. The lowest BCUT2D eigenvalue weighted by atomic mass is 10.0. The summed E-state index contributed by atoms with van der Waals surface area (Å²) < 4.78 is 5.21. The quantitative estimate of drug-likeness (QED) is 0.339. The lowest BCUT2D eigenvalue weighted by Crippen LogP contribution is -2.31. The zero-order valence-corrected chi connectivity index (χ0v) is 17.9. The molecule has 2 heterocycles. The molecule has 0 saturated heterocycles. The van der Waals surface area contributed by atoms with Crippen molar-refractivity contribution in [3.63, 3.8) is 0 Å². The van der Waals surface area contributed by atoms with Crippen LogP contribution in [-0.4, -0.2) is 46.3 Å². The van der Waals surface area contributed by atoms with Gasteiger partial charge in [-0.05, 0) is 35.4 Å². The highest BCUT2D eigenvalue weighted by atomic mass is 16.5. The number of H-pyrrole nitrogens is 1. The molecule has 9 heteroatoms. The van der Waals surface area contributed by atoms with Crippen LogP contribution in [0, 0.1) is 0 Å². The summed E-state index contributed by atoms with van der Waals surface area (Å²) in [7, 11) is 0. The van der Waals surface area contributed by atoms with Crippen LogP contribution in [0.5, 0.6) is 0 Å². The lowest BCUT2D eigenvalue weighted by Gasteiger charge is -2.19. The van der Waals surface area contributed by atoms with Gasteiger partial charge in [-0.2, -0.15) is 0 Å². The number of hydrogen-bond acceptors (Lipinski definition) is 7. The Bertz CT molecular complexity index is 1400. The molecule has 3 N–H and O–H groups in total. The molecular weight excluding hydrogens is 434 g/mol. The van der Waals surface area contributed by atoms with E-state index in [1.54, 1.807) is 42.6 Å². The molecular formula is C25H19N5O4. The second-order valence-electron chi connectivity index (χ2n) is 7.59. The van der Waals surface area contributed by atoms with Crippen LogP contribution < -0.4 is 10.6 Å². The molecule has 168 valence electrons. The van der Waals surface area contributed by atoms with Crippen molar-refractivity contribution >= 4 is 23.5 Å². The molecule has 5 rings (SSSR count). The number of fused-ring (bicyclic) bond motifs is 1. The first-order chi connectivity index (χ1) is 16.6. The molecule has 34 heavy (non-hydrogen) atoms. The van der Waals surface area contributed by atoms with Crippen molar-refractivity contribution in [2.75, 3.05) is 18.1 Å². The summed E-state index contributed by atoms with van der Waals surface area (Å²) >= 11 is 0. The van der Waals surface area contributed by atoms with Crippen molar-refractivity contribution in [3.05, 3.63) is 89.6 Å². The van der Waals surface area contributed by atoms with Gasteiger partial charge in [0.25, 0.3) is 11.8 Å². The third kappa shape index (κ3) is 3.63. The molecule has 0 radical (unpaired) electrons. The van der Waals surface area contributed by atoms with Gasteiger partial charge in [-0.1, -0.05) is 47.7 Å². The fourth-order valence-electron chi connectivity index (χ4n) is 3.89. The van der Waals surface area contributed by atoms with Crippen molar-refractivity contribution in [1.82, 2.24) is 15.4 Å². The van der Waals surface area contributed by atoms with E-state index in [1.807, 2.05) is 30.3 Å². The standard InChI is InChI=1S/C25H19N5O4/c26-10-11-34-25(33)19-9-6-16(15-4-2-1-3-5-15)13-22(19)30-23(31)18-8-7-17(12-20(18)24(30)32)21-14-27-29-28-21/h1-9,12-14H,10-11,26H2,(H,27,28,29). The molecule has 3 aromatic carbocycles. The number of nitrogens with zero attached hydrogens (tertiary/aromatic N) is 3. The van der Waals surface area contributed by atoms with Gasteiger partial charge in [-0.25, -0.2) is 9.69 Å². The van der Waals surface area contributed by atoms with Gasteiger partial charge in [-0.3, -0.25) is 14.7 Å². The highest BCUT2D eigenvalue weighted by Gasteiger charge is 2.39. The number of hydrogen-bond donors (Lipinski definition) is 2. The van der Waals surface area contributed by atoms with Crippen LogP contribution >= 0.6 is 0 Å². The summed E-state index contributed by atoms with van der Waals surface area (Å²) in [5.41, 5.74) is 8.96. The lowest BCUT2D eigenvalue weighted by molar-refractivity contribution is 0.0518. The molecule has 0 spiro atoms. The van der Waals surface area contributed by atoms with Crippen molar-refractivity contribution < 1.29 is 19.1 Å². The number of imide groups is 1. The maximum atomic E-state index is 13.5. The second-order valence-corrected chi connectivity index (χ2v) is 7.59. The Kier molecular flexibility index (Phi) is 5.44. The summed E-state index contributed by atoms with van der Waals surface area (Å²) in [6, 6.07) is 19.3. The average Bonchev–Trinajstić information content (AvgIpc) is 3.50. The van der Waals surface area contributed by atoms with E-state index < -0.39 is 17.8 Å². The smallest absolute Gasteiger partial charge is 0.340 e. The molecule has 9 nitrogen and oxygen atoms in total. The van der Waals surface area contributed by atoms with E-state index in [-0.39, 0.29) is 35.5 Å². The third-order valence-corrected chi connectivity index (χ3v) is 5.52. The normalized spacial score (nSPS) is 12.7. The van der Waals surface area contributed by atoms with E-state index in [1.165, 1.54) is 0 Å². The topological polar surface area (TPSA) is 131 Å². The first-order valence-corrected chi connectivity index (χ1v) is 10.5. The third-order valence-electron chi connectivity index (χ3n) is 5.52. The first-order valence-electron chi connectivity index (χ1n) is 10.5. The summed E-state index contributed by atoms with van der Waals surface area (Å²) in [6.45, 7) is 0.170. The number of nitrogens with one attached hydrogen (secondary N) is 1. The largest absolute Gasteiger partial charge is 0.461 e. The molecule has 1 aliphatic rings. The molecule has 0 unspecified atom stereocenters. The van der Waals surface area contributed by atoms with Gasteiger partial charge in [0.1, 0.15) is 12.3 Å². The monoisotopic (exact) mass is 453 g/mol. The van der Waals surface area contributed by atoms with Gasteiger partial charge in [0.05, 0.1) is 22.4 Å². The Hall–Kier alpha value is -4.63. The maximum Gasteiger partial charge on any atom is 0.340 e. The van der Waals surface area contributed by atoms with Crippen LogP contribution in [0.15, 0.2) is 72.9 Å². The molecule has 1 aliphatic heterocycles. The molecule has 0 bridgehead atoms. The maximum absolute atomic E-state index is 13.5. The Morgan fingerprint density at radius 2 is 1.68 bits per heavy atom. The number of carbonyl (C=O) groups is 3. The van der Waals surface area contributed by atoms with Gasteiger partial charge in [0.15, 0.2) is 0 Å². The zero-order chi connectivity index (χ0) is 23.7. The summed E-state index contributed by atoms with van der Waals surface area (Å²) in [6.07, 6.45) is 1.59. The number of rotatable bonds is 6. The molecule has 1 aromatic heterocycles. The predicted octanol–water partition coefficient (Wildman–Crippen LogP) is 3.05. The van der Waals surface area contributed by atoms with E-state index in [4.69, 9.17) is 10.5 Å². The van der Waals surface area contributed by atoms with E-state index in [0.717, 1.165) is 16.0 Å². The summed E-state index contributed by atoms with van der Waals surface area (Å²) in [5, 5.41) is 10.3. The fraction of sp³-hybridized carbons (Fsp3) is 0.0800.